The molecule has 1 saturated carbocycles. The first-order valence-corrected chi connectivity index (χ1v) is 10.8. The van der Waals surface area contributed by atoms with Crippen molar-refractivity contribution >= 4 is 34.9 Å². The van der Waals surface area contributed by atoms with E-state index in [1.54, 1.807) is 11.3 Å². The summed E-state index contributed by atoms with van der Waals surface area (Å²) < 4.78 is 0. The van der Waals surface area contributed by atoms with Crippen molar-refractivity contribution in [2.45, 2.75) is 51.0 Å². The molecule has 4 rings (SSSR count). The second kappa shape index (κ2) is 7.94. The Kier molecular flexibility index (Phi) is 5.36. The van der Waals surface area contributed by atoms with Gasteiger partial charge in [0.15, 0.2) is 0 Å². The van der Waals surface area contributed by atoms with Crippen molar-refractivity contribution in [3.8, 4) is 11.3 Å². The maximum Gasteiger partial charge on any atom is 0.325 e. The average molecular weight is 413 g/mol. The van der Waals surface area contributed by atoms with Crippen LogP contribution >= 0.6 is 11.3 Å². The molecule has 2 fully saturated rings. The molecule has 1 aromatic heterocycles. The highest BCUT2D eigenvalue weighted by Crippen LogP contribution is 2.35. The highest BCUT2D eigenvalue weighted by molar-refractivity contribution is 7.09. The molecule has 4 amide bonds. The molecule has 7 nitrogen and oxygen atoms in total. The quantitative estimate of drug-likeness (QED) is 0.708. The van der Waals surface area contributed by atoms with Gasteiger partial charge in [-0.1, -0.05) is 25.0 Å². The average Bonchev–Trinajstić information content (AvgIpc) is 3.39. The summed E-state index contributed by atoms with van der Waals surface area (Å²) in [7, 11) is 0. The predicted molar refractivity (Wildman–Crippen MR) is 112 cm³/mol. The molecule has 1 aliphatic heterocycles. The molecule has 0 atom stereocenters. The van der Waals surface area contributed by atoms with Crippen molar-refractivity contribution in [2.75, 3.05) is 11.9 Å². The third-order valence-electron chi connectivity index (χ3n) is 5.55. The van der Waals surface area contributed by atoms with Gasteiger partial charge in [-0.2, -0.15) is 0 Å². The van der Waals surface area contributed by atoms with E-state index >= 15 is 0 Å². The maximum absolute atomic E-state index is 12.6. The number of hydrogen-bond acceptors (Lipinski definition) is 5. The van der Waals surface area contributed by atoms with Crippen LogP contribution in [0.1, 0.15) is 43.5 Å². The first-order valence-electron chi connectivity index (χ1n) is 9.93. The minimum Gasteiger partial charge on any atom is -0.326 e. The Morgan fingerprint density at radius 2 is 2.10 bits per heavy atom. The van der Waals surface area contributed by atoms with E-state index in [0.717, 1.165) is 29.1 Å². The fraction of sp³-hybridized carbons (Fsp3) is 0.429. The van der Waals surface area contributed by atoms with E-state index in [2.05, 4.69) is 15.6 Å². The second-order valence-electron chi connectivity index (χ2n) is 7.66. The summed E-state index contributed by atoms with van der Waals surface area (Å²) in [5, 5.41) is 8.74. The molecule has 1 saturated heterocycles. The zero-order valence-corrected chi connectivity index (χ0v) is 17.2. The highest BCUT2D eigenvalue weighted by Gasteiger charge is 2.51. The van der Waals surface area contributed by atoms with Crippen LogP contribution in [0.3, 0.4) is 0 Å². The number of carbonyl (C=O) groups is 3. The molecule has 8 heteroatoms. The van der Waals surface area contributed by atoms with Gasteiger partial charge in [-0.3, -0.25) is 14.5 Å². The first kappa shape index (κ1) is 19.6. The summed E-state index contributed by atoms with van der Waals surface area (Å²) in [6.45, 7) is 2.22. The lowest BCUT2D eigenvalue weighted by Gasteiger charge is -2.19. The lowest BCUT2D eigenvalue weighted by atomic mass is 9.98. The van der Waals surface area contributed by atoms with Crippen LogP contribution in [0.25, 0.3) is 11.3 Å². The Bertz CT molecular complexity index is 949. The van der Waals surface area contributed by atoms with Crippen LogP contribution in [0.5, 0.6) is 0 Å². The lowest BCUT2D eigenvalue weighted by molar-refractivity contribution is -0.131. The zero-order valence-electron chi connectivity index (χ0n) is 16.4. The van der Waals surface area contributed by atoms with Crippen LogP contribution in [0, 0.1) is 6.92 Å². The monoisotopic (exact) mass is 412 g/mol. The van der Waals surface area contributed by atoms with E-state index in [1.165, 1.54) is 4.90 Å². The van der Waals surface area contributed by atoms with Gasteiger partial charge in [0, 0.05) is 29.6 Å². The summed E-state index contributed by atoms with van der Waals surface area (Å²) in [6.07, 6.45) is 4.02. The van der Waals surface area contributed by atoms with Gasteiger partial charge in [0.2, 0.25) is 5.91 Å². The van der Waals surface area contributed by atoms with Gasteiger partial charge in [-0.15, -0.1) is 11.3 Å². The summed E-state index contributed by atoms with van der Waals surface area (Å²) >= 11 is 1.59. The van der Waals surface area contributed by atoms with Crippen LogP contribution in [0.15, 0.2) is 29.6 Å². The van der Waals surface area contributed by atoms with E-state index in [9.17, 15) is 14.4 Å². The Labute approximate surface area is 173 Å². The molecule has 0 bridgehead atoms. The highest BCUT2D eigenvalue weighted by atomic mass is 32.1. The van der Waals surface area contributed by atoms with E-state index in [1.807, 2.05) is 36.6 Å². The molecule has 29 heavy (non-hydrogen) atoms. The third kappa shape index (κ3) is 4.03. The maximum atomic E-state index is 12.6. The Hall–Kier alpha value is -2.74. The summed E-state index contributed by atoms with van der Waals surface area (Å²) in [6, 6.07) is 7.24. The van der Waals surface area contributed by atoms with Crippen LogP contribution in [0.2, 0.25) is 0 Å². The number of benzene rings is 1. The normalized spacial score (nSPS) is 17.8. The van der Waals surface area contributed by atoms with Crippen molar-refractivity contribution in [3.63, 3.8) is 0 Å². The topological polar surface area (TPSA) is 91.4 Å². The Morgan fingerprint density at radius 3 is 2.83 bits per heavy atom. The predicted octanol–water partition coefficient (Wildman–Crippen LogP) is 3.70. The molecule has 2 aromatic rings. The number of thiazole rings is 1. The Balaban J connectivity index is 1.30. The smallest absolute Gasteiger partial charge is 0.325 e. The second-order valence-corrected chi connectivity index (χ2v) is 8.72. The Morgan fingerprint density at radius 1 is 1.31 bits per heavy atom. The number of anilines is 1. The van der Waals surface area contributed by atoms with Crippen molar-refractivity contribution in [1.29, 1.82) is 0 Å². The molecule has 0 unspecified atom stereocenters. The zero-order chi connectivity index (χ0) is 20.4. The molecular formula is C21H24N4O3S. The number of urea groups is 1. The molecule has 1 aliphatic carbocycles. The number of aromatic nitrogens is 1. The third-order valence-corrected chi connectivity index (χ3v) is 6.32. The summed E-state index contributed by atoms with van der Waals surface area (Å²) in [5.41, 5.74) is 1.86. The number of aryl methyl sites for hydroxylation is 1. The van der Waals surface area contributed by atoms with E-state index in [-0.39, 0.29) is 30.8 Å². The molecule has 0 radical (unpaired) electrons. The summed E-state index contributed by atoms with van der Waals surface area (Å²) in [5.74, 6) is -0.272. The van der Waals surface area contributed by atoms with Gasteiger partial charge < -0.3 is 10.6 Å². The molecule has 2 N–H and O–H groups in total. The molecule has 2 heterocycles. The van der Waals surface area contributed by atoms with Gasteiger partial charge in [0.05, 0.1) is 10.7 Å². The molecule has 1 spiro atoms. The van der Waals surface area contributed by atoms with Crippen LogP contribution in [-0.2, 0) is 9.59 Å². The van der Waals surface area contributed by atoms with Gasteiger partial charge >= 0.3 is 6.03 Å². The fourth-order valence-electron chi connectivity index (χ4n) is 4.07. The molecule has 152 valence electrons. The lowest BCUT2D eigenvalue weighted by Crippen LogP contribution is -2.44. The fourth-order valence-corrected chi connectivity index (χ4v) is 4.69. The number of nitrogens with zero attached hydrogens (tertiary/aromatic N) is 2. The van der Waals surface area contributed by atoms with Crippen molar-refractivity contribution in [2.24, 2.45) is 0 Å². The number of carbonyl (C=O) groups excluding carboxylic acids is 3. The molecule has 1 aromatic carbocycles. The number of nitrogens with one attached hydrogen (secondary N) is 2. The summed E-state index contributed by atoms with van der Waals surface area (Å²) in [4.78, 5) is 42.9. The van der Waals surface area contributed by atoms with Crippen molar-refractivity contribution < 1.29 is 14.4 Å². The largest absolute Gasteiger partial charge is 0.326 e. The van der Waals surface area contributed by atoms with Crippen molar-refractivity contribution in [3.05, 3.63) is 34.7 Å². The van der Waals surface area contributed by atoms with E-state index in [4.69, 9.17) is 0 Å². The number of imide groups is 1. The van der Waals surface area contributed by atoms with Crippen LogP contribution in [-0.4, -0.2) is 39.8 Å². The first-order chi connectivity index (χ1) is 14.0. The van der Waals surface area contributed by atoms with Crippen LogP contribution < -0.4 is 10.6 Å². The van der Waals surface area contributed by atoms with E-state index in [0.29, 0.717) is 24.9 Å². The van der Waals surface area contributed by atoms with Gasteiger partial charge in [0.1, 0.15) is 5.54 Å². The molecular weight excluding hydrogens is 388 g/mol. The van der Waals surface area contributed by atoms with Crippen molar-refractivity contribution in [1.82, 2.24) is 15.2 Å². The minimum absolute atomic E-state index is 0.133. The standard InChI is InChI=1S/C21H24N4O3S/c1-14-22-17(13-29-14)15-6-4-7-16(12-15)23-18(26)8-5-11-25-19(27)21(24-20(25)28)9-2-3-10-21/h4,6-7,12-13H,2-3,5,8-11H2,1H3,(H,23,26)(H,24,28). The van der Waals surface area contributed by atoms with Gasteiger partial charge in [0.25, 0.3) is 5.91 Å². The van der Waals surface area contributed by atoms with Gasteiger partial charge in [-0.25, -0.2) is 9.78 Å². The molecule has 2 aliphatic rings. The number of hydrogen-bond donors (Lipinski definition) is 2. The number of amides is 4. The minimum atomic E-state index is -0.687. The number of rotatable bonds is 6. The van der Waals surface area contributed by atoms with Crippen LogP contribution in [0.4, 0.5) is 10.5 Å². The van der Waals surface area contributed by atoms with Gasteiger partial charge in [-0.05, 0) is 38.3 Å². The van der Waals surface area contributed by atoms with E-state index < -0.39 is 5.54 Å². The SMILES string of the molecule is Cc1nc(-c2cccc(NC(=O)CCCN3C(=O)NC4(CCCC4)C3=O)c2)cs1.